The molecule has 5 nitrogen and oxygen atoms in total. The molecule has 0 amide bonds. The van der Waals surface area contributed by atoms with Gasteiger partial charge in [0.2, 0.25) is 0 Å². The first-order valence-electron chi connectivity index (χ1n) is 11.5. The number of nitrogens with one attached hydrogen (secondary N) is 1. The Kier molecular flexibility index (Phi) is 9.99. The molecule has 3 rings (SSSR count). The lowest BCUT2D eigenvalue weighted by molar-refractivity contribution is -0.139. The number of hydrogen-bond donors (Lipinski definition) is 3. The fourth-order valence-electron chi connectivity index (χ4n) is 4.13. The number of alkyl halides is 3. The van der Waals surface area contributed by atoms with Crippen LogP contribution in [0.1, 0.15) is 42.4 Å². The van der Waals surface area contributed by atoms with E-state index in [4.69, 9.17) is 14.5 Å². The Morgan fingerprint density at radius 3 is 2.39 bits per heavy atom. The van der Waals surface area contributed by atoms with E-state index in [1.807, 2.05) is 0 Å². The van der Waals surface area contributed by atoms with Crippen molar-refractivity contribution < 1.29 is 41.0 Å². The van der Waals surface area contributed by atoms with Crippen LogP contribution >= 0.6 is 19.4 Å². The summed E-state index contributed by atoms with van der Waals surface area (Å²) in [5.74, 6) is -0.730. The molecule has 0 atom stereocenters. The van der Waals surface area contributed by atoms with Crippen LogP contribution in [0.5, 0.6) is 0 Å². The Morgan fingerprint density at radius 1 is 1.06 bits per heavy atom. The van der Waals surface area contributed by atoms with Crippen molar-refractivity contribution in [3.63, 3.8) is 0 Å². The lowest BCUT2D eigenvalue weighted by atomic mass is 9.74. The summed E-state index contributed by atoms with van der Waals surface area (Å²) in [5, 5.41) is 2.72. The number of thioether (sulfide) groups is 1. The highest BCUT2D eigenvalue weighted by Crippen LogP contribution is 2.41. The van der Waals surface area contributed by atoms with E-state index in [2.05, 4.69) is 5.32 Å². The summed E-state index contributed by atoms with van der Waals surface area (Å²) < 4.78 is 85.9. The Bertz CT molecular complexity index is 1070. The van der Waals surface area contributed by atoms with Gasteiger partial charge in [-0.15, -0.1) is 11.8 Å². The van der Waals surface area contributed by atoms with E-state index in [1.165, 1.54) is 6.07 Å². The van der Waals surface area contributed by atoms with Crippen LogP contribution in [0.4, 0.5) is 22.0 Å². The van der Waals surface area contributed by atoms with Crippen molar-refractivity contribution in [3.8, 4) is 0 Å². The third kappa shape index (κ3) is 8.00. The molecule has 200 valence electrons. The average Bonchev–Trinajstić information content (AvgIpc) is 2.75. The maximum atomic E-state index is 14.5. The number of hydrogen-bond acceptors (Lipinski definition) is 4. The largest absolute Gasteiger partial charge is 0.417 e. The maximum Gasteiger partial charge on any atom is 0.417 e. The second-order valence-electron chi connectivity index (χ2n) is 8.91. The van der Waals surface area contributed by atoms with Crippen molar-refractivity contribution in [2.24, 2.45) is 0 Å². The van der Waals surface area contributed by atoms with Crippen molar-refractivity contribution in [1.82, 2.24) is 5.32 Å². The van der Waals surface area contributed by atoms with Crippen LogP contribution in [0.25, 0.3) is 0 Å². The first kappa shape index (κ1) is 29.1. The number of unbranched alkanes of at least 4 members (excludes halogenated alkanes) is 1. The van der Waals surface area contributed by atoms with Crippen LogP contribution in [0, 0.1) is 11.6 Å². The number of benzene rings is 2. The van der Waals surface area contributed by atoms with E-state index < -0.39 is 30.6 Å². The minimum atomic E-state index is -4.66. The number of halogens is 5. The van der Waals surface area contributed by atoms with Crippen LogP contribution in [0.3, 0.4) is 0 Å². The monoisotopic (exact) mass is 553 g/mol. The molecule has 1 aliphatic heterocycles. The van der Waals surface area contributed by atoms with Gasteiger partial charge in [-0.3, -0.25) is 4.57 Å². The van der Waals surface area contributed by atoms with Gasteiger partial charge in [0.15, 0.2) is 0 Å². The Morgan fingerprint density at radius 2 is 1.78 bits per heavy atom. The number of rotatable bonds is 13. The molecule has 0 aromatic heterocycles. The molecule has 2 aromatic rings. The molecule has 36 heavy (non-hydrogen) atoms. The molecule has 1 fully saturated rings. The fourth-order valence-corrected chi connectivity index (χ4v) is 5.79. The van der Waals surface area contributed by atoms with Gasteiger partial charge in [0.1, 0.15) is 11.6 Å². The quantitative estimate of drug-likeness (QED) is 0.125. The summed E-state index contributed by atoms with van der Waals surface area (Å²) >= 11 is 0.934. The summed E-state index contributed by atoms with van der Waals surface area (Å²) in [5.41, 5.74) is -0.911. The topological polar surface area (TPSA) is 78.8 Å². The summed E-state index contributed by atoms with van der Waals surface area (Å²) in [7, 11) is -4.15. The first-order chi connectivity index (χ1) is 16.9. The zero-order valence-corrected chi connectivity index (χ0v) is 21.2. The molecule has 0 aliphatic carbocycles. The van der Waals surface area contributed by atoms with E-state index in [0.29, 0.717) is 43.8 Å². The van der Waals surface area contributed by atoms with Crippen molar-refractivity contribution >= 4 is 19.4 Å². The molecule has 0 spiro atoms. The van der Waals surface area contributed by atoms with Crippen molar-refractivity contribution in [1.29, 1.82) is 0 Å². The third-order valence-corrected chi connectivity index (χ3v) is 8.12. The highest BCUT2D eigenvalue weighted by molar-refractivity contribution is 7.99. The van der Waals surface area contributed by atoms with Crippen molar-refractivity contribution in [3.05, 3.63) is 64.7 Å². The van der Waals surface area contributed by atoms with Gasteiger partial charge in [-0.05, 0) is 55.3 Å². The molecule has 1 aliphatic rings. The van der Waals surface area contributed by atoms with Gasteiger partial charge < -0.3 is 19.8 Å². The predicted octanol–water partition coefficient (Wildman–Crippen LogP) is 5.87. The van der Waals surface area contributed by atoms with Gasteiger partial charge in [0.05, 0.1) is 24.9 Å². The molecule has 0 radical (unpaired) electrons. The van der Waals surface area contributed by atoms with Gasteiger partial charge in [-0.25, -0.2) is 8.78 Å². The summed E-state index contributed by atoms with van der Waals surface area (Å²) in [6.45, 7) is 0.738. The SMILES string of the molecule is O=P(O)(O)CCCNCc1cc(C(F)(F)F)c(SCCCCC2(c3ccccc3F)COC2)cc1F. The zero-order chi connectivity index (χ0) is 26.4. The highest BCUT2D eigenvalue weighted by atomic mass is 32.2. The molecule has 3 N–H and O–H groups in total. The van der Waals surface area contributed by atoms with Crippen LogP contribution < -0.4 is 5.32 Å². The van der Waals surface area contributed by atoms with Gasteiger partial charge in [-0.2, -0.15) is 13.2 Å². The average molecular weight is 554 g/mol. The second-order valence-corrected chi connectivity index (χ2v) is 11.8. The van der Waals surface area contributed by atoms with Crippen molar-refractivity contribution in [2.75, 3.05) is 31.7 Å². The second kappa shape index (κ2) is 12.4. The first-order valence-corrected chi connectivity index (χ1v) is 14.3. The molecule has 0 unspecified atom stereocenters. The predicted molar refractivity (Wildman–Crippen MR) is 128 cm³/mol. The van der Waals surface area contributed by atoms with E-state index in [0.717, 1.165) is 23.9 Å². The lowest BCUT2D eigenvalue weighted by Crippen LogP contribution is -2.47. The lowest BCUT2D eigenvalue weighted by Gasteiger charge is -2.42. The minimum Gasteiger partial charge on any atom is -0.379 e. The normalized spacial score (nSPS) is 15.6. The smallest absolute Gasteiger partial charge is 0.379 e. The van der Waals surface area contributed by atoms with Crippen LogP contribution in [-0.2, 0) is 27.4 Å². The maximum absolute atomic E-state index is 14.5. The molecule has 12 heteroatoms. The highest BCUT2D eigenvalue weighted by Gasteiger charge is 2.41. The Labute approximate surface area is 211 Å². The third-order valence-electron chi connectivity index (χ3n) is 6.08. The fraction of sp³-hybridized carbons (Fsp3) is 0.500. The Balaban J connectivity index is 1.55. The molecule has 2 aromatic carbocycles. The molecule has 1 heterocycles. The van der Waals surface area contributed by atoms with Gasteiger partial charge >= 0.3 is 13.8 Å². The van der Waals surface area contributed by atoms with Crippen LogP contribution in [-0.4, -0.2) is 41.5 Å². The standard InChI is InChI=1S/C24H29F5NO4PS/c25-20-7-2-1-6-18(20)23(15-34-16-23)8-3-4-11-36-22-13-21(26)17(12-19(22)24(27,28)29)14-30-9-5-10-35(31,32)33/h1-2,6-7,12-13,30H,3-5,8-11,14-16H2,(H2,31,32,33). The zero-order valence-electron chi connectivity index (χ0n) is 19.5. The van der Waals surface area contributed by atoms with Crippen molar-refractivity contribution in [2.45, 2.75) is 48.7 Å². The molecule has 1 saturated heterocycles. The van der Waals surface area contributed by atoms with E-state index in [9.17, 15) is 26.5 Å². The minimum absolute atomic E-state index is 0.107. The van der Waals surface area contributed by atoms with Gasteiger partial charge in [0, 0.05) is 22.4 Å². The Hall–Kier alpha value is -1.49. The van der Waals surface area contributed by atoms with E-state index in [-0.39, 0.29) is 41.9 Å². The molecule has 0 saturated carbocycles. The summed E-state index contributed by atoms with van der Waals surface area (Å²) in [6, 6.07) is 8.20. The van der Waals surface area contributed by atoms with E-state index >= 15 is 0 Å². The summed E-state index contributed by atoms with van der Waals surface area (Å²) in [6.07, 6.45) is -3.05. The number of ether oxygens (including phenoxy) is 1. The molecular weight excluding hydrogens is 524 g/mol. The van der Waals surface area contributed by atoms with Gasteiger partial charge in [0.25, 0.3) is 0 Å². The van der Waals surface area contributed by atoms with Crippen LogP contribution in [0.2, 0.25) is 0 Å². The molecule has 0 bridgehead atoms. The summed E-state index contributed by atoms with van der Waals surface area (Å²) in [4.78, 5) is 17.5. The van der Waals surface area contributed by atoms with E-state index in [1.54, 1.807) is 18.2 Å². The molecular formula is C24H29F5NO4PS. The van der Waals surface area contributed by atoms with Crippen LogP contribution in [0.15, 0.2) is 41.3 Å². The van der Waals surface area contributed by atoms with Gasteiger partial charge in [-0.1, -0.05) is 24.6 Å².